The molecule has 0 aliphatic heterocycles. The second-order valence-electron chi connectivity index (χ2n) is 5.72. The van der Waals surface area contributed by atoms with Gasteiger partial charge in [-0.1, -0.05) is 22.4 Å². The van der Waals surface area contributed by atoms with E-state index in [9.17, 15) is 9.90 Å². The predicted octanol–water partition coefficient (Wildman–Crippen LogP) is 3.44. The smallest absolute Gasteiger partial charge is 0.230 e. The SMILES string of the molecule is Cc1cc(SCC(=O)NCC2CCCC2O)c(C)cc1Br. The normalized spacial score (nSPS) is 21.5. The molecule has 2 atom stereocenters. The third kappa shape index (κ3) is 4.73. The number of thioether (sulfide) groups is 1. The van der Waals surface area contributed by atoms with E-state index < -0.39 is 0 Å². The molecule has 1 amide bonds. The average Bonchev–Trinajstić information content (AvgIpc) is 2.84. The second kappa shape index (κ2) is 7.65. The summed E-state index contributed by atoms with van der Waals surface area (Å²) in [6.07, 6.45) is 2.70. The lowest BCUT2D eigenvalue weighted by molar-refractivity contribution is -0.118. The summed E-state index contributed by atoms with van der Waals surface area (Å²) in [4.78, 5) is 13.1. The van der Waals surface area contributed by atoms with Crippen molar-refractivity contribution in [2.75, 3.05) is 12.3 Å². The van der Waals surface area contributed by atoms with Gasteiger partial charge in [0.2, 0.25) is 5.91 Å². The van der Waals surface area contributed by atoms with Gasteiger partial charge in [0.05, 0.1) is 11.9 Å². The number of carbonyl (C=O) groups excluding carboxylic acids is 1. The highest BCUT2D eigenvalue weighted by Crippen LogP contribution is 2.28. The van der Waals surface area contributed by atoms with Gasteiger partial charge >= 0.3 is 0 Å². The van der Waals surface area contributed by atoms with E-state index >= 15 is 0 Å². The lowest BCUT2D eigenvalue weighted by Crippen LogP contribution is -2.33. The lowest BCUT2D eigenvalue weighted by Gasteiger charge is -2.15. The Balaban J connectivity index is 1.80. The molecular weight excluding hydrogens is 350 g/mol. The maximum absolute atomic E-state index is 11.9. The summed E-state index contributed by atoms with van der Waals surface area (Å²) in [6, 6.07) is 4.20. The second-order valence-corrected chi connectivity index (χ2v) is 7.59. The Morgan fingerprint density at radius 2 is 2.14 bits per heavy atom. The van der Waals surface area contributed by atoms with Gasteiger partial charge in [-0.15, -0.1) is 11.8 Å². The first-order valence-electron chi connectivity index (χ1n) is 7.31. The largest absolute Gasteiger partial charge is 0.393 e. The predicted molar refractivity (Wildman–Crippen MR) is 90.7 cm³/mol. The Hall–Kier alpha value is -0.520. The number of rotatable bonds is 5. The van der Waals surface area contributed by atoms with Crippen LogP contribution in [-0.2, 0) is 4.79 Å². The molecule has 1 aliphatic carbocycles. The van der Waals surface area contributed by atoms with E-state index in [0.29, 0.717) is 12.3 Å². The molecule has 116 valence electrons. The minimum Gasteiger partial charge on any atom is -0.393 e. The molecule has 2 unspecified atom stereocenters. The van der Waals surface area contributed by atoms with Crippen LogP contribution in [0.15, 0.2) is 21.5 Å². The van der Waals surface area contributed by atoms with Gasteiger partial charge in [0.1, 0.15) is 0 Å². The molecular formula is C16H22BrNO2S. The number of benzene rings is 1. The first kappa shape index (κ1) is 16.8. The van der Waals surface area contributed by atoms with E-state index in [1.54, 1.807) is 11.8 Å². The van der Waals surface area contributed by atoms with Gasteiger partial charge in [-0.3, -0.25) is 4.79 Å². The molecule has 21 heavy (non-hydrogen) atoms. The van der Waals surface area contributed by atoms with Crippen LogP contribution in [0.2, 0.25) is 0 Å². The summed E-state index contributed by atoms with van der Waals surface area (Å²) in [5.74, 6) is 0.694. The van der Waals surface area contributed by atoms with E-state index in [2.05, 4.69) is 47.2 Å². The fourth-order valence-electron chi connectivity index (χ4n) is 2.60. The zero-order valence-corrected chi connectivity index (χ0v) is 14.9. The van der Waals surface area contributed by atoms with Gasteiger partial charge in [-0.05, 0) is 49.9 Å². The number of aryl methyl sites for hydroxylation is 2. The van der Waals surface area contributed by atoms with E-state index in [4.69, 9.17) is 0 Å². The molecule has 1 saturated carbocycles. The third-order valence-electron chi connectivity index (χ3n) is 4.00. The fraction of sp³-hybridized carbons (Fsp3) is 0.562. The maximum Gasteiger partial charge on any atom is 0.230 e. The lowest BCUT2D eigenvalue weighted by atomic mass is 10.1. The molecule has 5 heteroatoms. The molecule has 0 aromatic heterocycles. The molecule has 0 saturated heterocycles. The van der Waals surface area contributed by atoms with Crippen molar-refractivity contribution < 1.29 is 9.90 Å². The number of hydrogen-bond acceptors (Lipinski definition) is 3. The number of carbonyl (C=O) groups is 1. The van der Waals surface area contributed by atoms with Crippen LogP contribution in [0.3, 0.4) is 0 Å². The Labute approximate surface area is 139 Å². The maximum atomic E-state index is 11.9. The van der Waals surface area contributed by atoms with Crippen molar-refractivity contribution in [3.63, 3.8) is 0 Å². The van der Waals surface area contributed by atoms with Crippen molar-refractivity contribution in [3.8, 4) is 0 Å². The van der Waals surface area contributed by atoms with E-state index in [-0.39, 0.29) is 17.9 Å². The van der Waals surface area contributed by atoms with E-state index in [1.807, 2.05) is 0 Å². The number of amides is 1. The van der Waals surface area contributed by atoms with Crippen molar-refractivity contribution in [2.45, 2.75) is 44.1 Å². The number of aliphatic hydroxyl groups excluding tert-OH is 1. The molecule has 0 spiro atoms. The quantitative estimate of drug-likeness (QED) is 0.779. The molecule has 1 fully saturated rings. The molecule has 1 aliphatic rings. The van der Waals surface area contributed by atoms with Crippen LogP contribution in [0.5, 0.6) is 0 Å². The standard InChI is InChI=1S/C16H22BrNO2S/c1-10-7-15(11(2)6-13(10)17)21-9-16(20)18-8-12-4-3-5-14(12)19/h6-7,12,14,19H,3-5,8-9H2,1-2H3,(H,18,20). The first-order valence-corrected chi connectivity index (χ1v) is 9.09. The molecule has 0 radical (unpaired) electrons. The Kier molecular flexibility index (Phi) is 6.14. The monoisotopic (exact) mass is 371 g/mol. The highest BCUT2D eigenvalue weighted by molar-refractivity contribution is 9.10. The fourth-order valence-corrected chi connectivity index (χ4v) is 4.00. The molecule has 2 N–H and O–H groups in total. The Bertz CT molecular complexity index is 521. The molecule has 1 aromatic carbocycles. The number of halogens is 1. The van der Waals surface area contributed by atoms with Gasteiger partial charge < -0.3 is 10.4 Å². The third-order valence-corrected chi connectivity index (χ3v) is 6.01. The number of nitrogens with one attached hydrogen (secondary N) is 1. The van der Waals surface area contributed by atoms with Crippen LogP contribution < -0.4 is 5.32 Å². The summed E-state index contributed by atoms with van der Waals surface area (Å²) in [5, 5.41) is 12.7. The molecule has 3 nitrogen and oxygen atoms in total. The summed E-state index contributed by atoms with van der Waals surface area (Å²) in [6.45, 7) is 4.70. The zero-order valence-electron chi connectivity index (χ0n) is 12.5. The van der Waals surface area contributed by atoms with Crippen molar-refractivity contribution in [2.24, 2.45) is 5.92 Å². The summed E-state index contributed by atoms with van der Waals surface area (Å²) in [7, 11) is 0. The summed E-state index contributed by atoms with van der Waals surface area (Å²) < 4.78 is 1.10. The van der Waals surface area contributed by atoms with Crippen molar-refractivity contribution in [1.29, 1.82) is 0 Å². The average molecular weight is 372 g/mol. The van der Waals surface area contributed by atoms with Gasteiger partial charge in [0.25, 0.3) is 0 Å². The number of hydrogen-bond donors (Lipinski definition) is 2. The van der Waals surface area contributed by atoms with Gasteiger partial charge in [0, 0.05) is 21.8 Å². The van der Waals surface area contributed by atoms with Crippen LogP contribution in [0.4, 0.5) is 0 Å². The first-order chi connectivity index (χ1) is 9.97. The van der Waals surface area contributed by atoms with Gasteiger partial charge in [-0.2, -0.15) is 0 Å². The van der Waals surface area contributed by atoms with Crippen molar-refractivity contribution in [3.05, 3.63) is 27.7 Å². The van der Waals surface area contributed by atoms with Crippen LogP contribution in [-0.4, -0.2) is 29.4 Å². The highest BCUT2D eigenvalue weighted by atomic mass is 79.9. The topological polar surface area (TPSA) is 49.3 Å². The Morgan fingerprint density at radius 1 is 1.38 bits per heavy atom. The van der Waals surface area contributed by atoms with Crippen LogP contribution >= 0.6 is 27.7 Å². The van der Waals surface area contributed by atoms with Crippen molar-refractivity contribution >= 4 is 33.6 Å². The minimum atomic E-state index is -0.241. The molecule has 0 heterocycles. The highest BCUT2D eigenvalue weighted by Gasteiger charge is 2.25. The Morgan fingerprint density at radius 3 is 2.81 bits per heavy atom. The molecule has 0 bridgehead atoms. The minimum absolute atomic E-state index is 0.0408. The van der Waals surface area contributed by atoms with Crippen molar-refractivity contribution in [1.82, 2.24) is 5.32 Å². The van der Waals surface area contributed by atoms with Crippen LogP contribution in [0.1, 0.15) is 30.4 Å². The van der Waals surface area contributed by atoms with Crippen LogP contribution in [0, 0.1) is 19.8 Å². The molecule has 2 rings (SSSR count). The van der Waals surface area contributed by atoms with Gasteiger partial charge in [0.15, 0.2) is 0 Å². The number of aliphatic hydroxyl groups is 1. The van der Waals surface area contributed by atoms with Gasteiger partial charge in [-0.25, -0.2) is 0 Å². The van der Waals surface area contributed by atoms with E-state index in [0.717, 1.165) is 28.6 Å². The zero-order chi connectivity index (χ0) is 15.4. The molecule has 1 aromatic rings. The summed E-state index contributed by atoms with van der Waals surface area (Å²) >= 11 is 5.08. The van der Waals surface area contributed by atoms with Crippen LogP contribution in [0.25, 0.3) is 0 Å². The summed E-state index contributed by atoms with van der Waals surface area (Å²) in [5.41, 5.74) is 2.36. The van der Waals surface area contributed by atoms with E-state index in [1.165, 1.54) is 11.1 Å².